The Morgan fingerprint density at radius 2 is 1.72 bits per heavy atom. The van der Waals surface area contributed by atoms with E-state index in [-0.39, 0.29) is 18.2 Å². The molecule has 130 valence electrons. The number of aryl methyl sites for hydroxylation is 1. The third kappa shape index (κ3) is 3.42. The number of esters is 1. The minimum Gasteiger partial charge on any atom is -0.423 e. The summed E-state index contributed by atoms with van der Waals surface area (Å²) in [5.41, 5.74) is 2.93. The van der Waals surface area contributed by atoms with Crippen LogP contribution in [0.2, 0.25) is 0 Å². The molecular weight excluding hydrogens is 318 g/mol. The van der Waals surface area contributed by atoms with E-state index in [2.05, 4.69) is 0 Å². The van der Waals surface area contributed by atoms with E-state index in [0.717, 1.165) is 16.8 Å². The van der Waals surface area contributed by atoms with Crippen molar-refractivity contribution >= 4 is 17.4 Å². The van der Waals surface area contributed by atoms with Gasteiger partial charge in [-0.1, -0.05) is 48.0 Å². The van der Waals surface area contributed by atoms with E-state index < -0.39 is 11.8 Å². The van der Waals surface area contributed by atoms with Gasteiger partial charge in [0.05, 0.1) is 18.2 Å². The molecule has 1 aliphatic heterocycles. The highest BCUT2D eigenvalue weighted by atomic mass is 16.8. The lowest BCUT2D eigenvalue weighted by molar-refractivity contribution is -0.213. The minimum absolute atomic E-state index is 0.236. The van der Waals surface area contributed by atoms with E-state index in [1.54, 1.807) is 5.06 Å². The number of hydroxylamine groups is 1. The number of hydrogen-bond acceptors (Lipinski definition) is 5. The summed E-state index contributed by atoms with van der Waals surface area (Å²) in [5.74, 6) is -2.48. The first kappa shape index (κ1) is 17.2. The van der Waals surface area contributed by atoms with Gasteiger partial charge >= 0.3 is 5.97 Å². The molecule has 0 unspecified atom stereocenters. The van der Waals surface area contributed by atoms with Crippen molar-refractivity contribution in [2.45, 2.75) is 39.0 Å². The molecule has 0 aromatic heterocycles. The molecule has 5 nitrogen and oxygen atoms in total. The van der Waals surface area contributed by atoms with Gasteiger partial charge in [-0.05, 0) is 24.6 Å². The van der Waals surface area contributed by atoms with Crippen molar-refractivity contribution in [3.63, 3.8) is 0 Å². The van der Waals surface area contributed by atoms with Crippen molar-refractivity contribution < 1.29 is 19.2 Å². The maximum Gasteiger partial charge on any atom is 0.305 e. The largest absolute Gasteiger partial charge is 0.423 e. The molecule has 5 heteroatoms. The number of carbonyl (C=O) groups excluding carboxylic acids is 2. The Morgan fingerprint density at radius 3 is 2.28 bits per heavy atom. The zero-order valence-electron chi connectivity index (χ0n) is 14.6. The minimum atomic E-state index is -1.60. The molecule has 1 aliphatic rings. The number of Topliss-reactive ketones (excluding diaryl/α,β-unsaturated/α-hetero) is 1. The van der Waals surface area contributed by atoms with Crippen LogP contribution in [-0.2, 0) is 19.2 Å². The second kappa shape index (κ2) is 6.69. The molecular formula is C20H21NO4. The molecule has 1 heterocycles. The van der Waals surface area contributed by atoms with Gasteiger partial charge in [0.2, 0.25) is 5.78 Å². The normalized spacial score (nSPS) is 22.7. The Balaban J connectivity index is 2.04. The summed E-state index contributed by atoms with van der Waals surface area (Å²) in [4.78, 5) is 29.8. The van der Waals surface area contributed by atoms with Crippen molar-refractivity contribution in [1.82, 2.24) is 0 Å². The number of ketones is 1. The molecule has 0 N–H and O–H groups in total. The molecule has 0 spiro atoms. The lowest BCUT2D eigenvalue weighted by Crippen LogP contribution is -2.42. The summed E-state index contributed by atoms with van der Waals surface area (Å²) in [6.07, 6.45) is 0.236. The van der Waals surface area contributed by atoms with Crippen LogP contribution >= 0.6 is 0 Å². The Labute approximate surface area is 147 Å². The molecule has 2 atom stereocenters. The van der Waals surface area contributed by atoms with Gasteiger partial charge in [-0.3, -0.25) is 9.59 Å². The van der Waals surface area contributed by atoms with Gasteiger partial charge < -0.3 is 4.74 Å². The number of ether oxygens (including phenoxy) is 1. The van der Waals surface area contributed by atoms with Gasteiger partial charge in [0, 0.05) is 13.8 Å². The van der Waals surface area contributed by atoms with Gasteiger partial charge in [0.15, 0.2) is 0 Å². The predicted octanol–water partition coefficient (Wildman–Crippen LogP) is 3.73. The smallest absolute Gasteiger partial charge is 0.305 e. The molecule has 2 aromatic carbocycles. The first-order chi connectivity index (χ1) is 11.9. The van der Waals surface area contributed by atoms with E-state index in [1.807, 2.05) is 61.5 Å². The van der Waals surface area contributed by atoms with E-state index in [1.165, 1.54) is 13.8 Å². The zero-order valence-corrected chi connectivity index (χ0v) is 14.6. The van der Waals surface area contributed by atoms with Crippen LogP contribution in [-0.4, -0.2) is 17.5 Å². The molecule has 2 aromatic rings. The molecule has 0 radical (unpaired) electrons. The molecule has 0 aliphatic carbocycles. The Kier molecular flexibility index (Phi) is 4.59. The van der Waals surface area contributed by atoms with Gasteiger partial charge in [0.1, 0.15) is 0 Å². The average molecular weight is 339 g/mol. The highest BCUT2D eigenvalue weighted by Gasteiger charge is 2.53. The van der Waals surface area contributed by atoms with E-state index in [0.29, 0.717) is 0 Å². The molecule has 1 fully saturated rings. The van der Waals surface area contributed by atoms with Crippen LogP contribution in [0.1, 0.15) is 37.4 Å². The maximum absolute atomic E-state index is 12.3. The van der Waals surface area contributed by atoms with Crippen molar-refractivity contribution in [3.05, 3.63) is 65.7 Å². The number of benzene rings is 2. The van der Waals surface area contributed by atoms with Gasteiger partial charge in [0.25, 0.3) is 5.79 Å². The predicted molar refractivity (Wildman–Crippen MR) is 93.7 cm³/mol. The van der Waals surface area contributed by atoms with Gasteiger partial charge in [-0.15, -0.1) is 0 Å². The number of hydrogen-bond donors (Lipinski definition) is 0. The van der Waals surface area contributed by atoms with Crippen molar-refractivity contribution in [2.24, 2.45) is 0 Å². The molecule has 25 heavy (non-hydrogen) atoms. The molecule has 0 saturated carbocycles. The second-order valence-corrected chi connectivity index (χ2v) is 6.29. The summed E-state index contributed by atoms with van der Waals surface area (Å²) in [7, 11) is 0. The lowest BCUT2D eigenvalue weighted by atomic mass is 9.96. The lowest BCUT2D eigenvalue weighted by Gasteiger charge is -2.27. The van der Waals surface area contributed by atoms with Crippen LogP contribution in [0.15, 0.2) is 54.6 Å². The van der Waals surface area contributed by atoms with Crippen LogP contribution in [0.4, 0.5) is 5.69 Å². The number of para-hydroxylation sites is 1. The quantitative estimate of drug-likeness (QED) is 0.795. The monoisotopic (exact) mass is 339 g/mol. The fourth-order valence-corrected chi connectivity index (χ4v) is 3.02. The van der Waals surface area contributed by atoms with E-state index in [9.17, 15) is 9.59 Å². The summed E-state index contributed by atoms with van der Waals surface area (Å²) >= 11 is 0. The third-order valence-corrected chi connectivity index (χ3v) is 4.31. The van der Waals surface area contributed by atoms with Crippen LogP contribution in [0.3, 0.4) is 0 Å². The number of carbonyl (C=O) groups is 2. The molecule has 3 rings (SSSR count). The number of nitrogens with zero attached hydrogens (tertiary/aromatic N) is 1. The third-order valence-electron chi connectivity index (χ3n) is 4.31. The first-order valence-electron chi connectivity index (χ1n) is 8.22. The van der Waals surface area contributed by atoms with E-state index >= 15 is 0 Å². The summed E-state index contributed by atoms with van der Waals surface area (Å²) < 4.78 is 5.34. The summed E-state index contributed by atoms with van der Waals surface area (Å²) in [6.45, 7) is 4.67. The Bertz CT molecular complexity index is 772. The summed E-state index contributed by atoms with van der Waals surface area (Å²) in [6, 6.07) is 17.3. The highest BCUT2D eigenvalue weighted by molar-refractivity contribution is 5.86. The molecule has 0 bridgehead atoms. The van der Waals surface area contributed by atoms with Gasteiger partial charge in [-0.2, -0.15) is 0 Å². The highest BCUT2D eigenvalue weighted by Crippen LogP contribution is 2.44. The molecule has 0 amide bonds. The SMILES string of the molecule is CC(=O)O[C@@]1(C(C)=O)C[C@H](c2ccc(C)cc2)N(c2ccccc2)O1. The maximum atomic E-state index is 12.3. The summed E-state index contributed by atoms with van der Waals surface area (Å²) in [5, 5.41) is 1.66. The van der Waals surface area contributed by atoms with Crippen LogP contribution in [0.5, 0.6) is 0 Å². The fraction of sp³-hybridized carbons (Fsp3) is 0.300. The Morgan fingerprint density at radius 1 is 1.08 bits per heavy atom. The van der Waals surface area contributed by atoms with Crippen LogP contribution < -0.4 is 5.06 Å². The Hall–Kier alpha value is -2.66. The topological polar surface area (TPSA) is 55.8 Å². The van der Waals surface area contributed by atoms with Crippen molar-refractivity contribution in [3.8, 4) is 0 Å². The van der Waals surface area contributed by atoms with Crippen LogP contribution in [0, 0.1) is 6.92 Å². The fourth-order valence-electron chi connectivity index (χ4n) is 3.02. The number of rotatable bonds is 4. The standard InChI is InChI=1S/C20H21NO4/c1-14-9-11-17(12-10-14)19-13-20(15(2)22,24-16(3)23)25-21(19)18-7-5-4-6-8-18/h4-12,19H,13H2,1-3H3/t19-,20+/m1/s1. The van der Waals surface area contributed by atoms with Crippen molar-refractivity contribution in [1.29, 1.82) is 0 Å². The van der Waals surface area contributed by atoms with Crippen molar-refractivity contribution in [2.75, 3.05) is 5.06 Å². The van der Waals surface area contributed by atoms with Crippen LogP contribution in [0.25, 0.3) is 0 Å². The van der Waals surface area contributed by atoms with E-state index in [4.69, 9.17) is 9.57 Å². The average Bonchev–Trinajstić information content (AvgIpc) is 2.96. The first-order valence-corrected chi connectivity index (χ1v) is 8.22. The second-order valence-electron chi connectivity index (χ2n) is 6.29. The molecule has 1 saturated heterocycles. The van der Waals surface area contributed by atoms with Gasteiger partial charge in [-0.25, -0.2) is 9.90 Å². The number of anilines is 1. The zero-order chi connectivity index (χ0) is 18.0.